The molecule has 0 aliphatic carbocycles. The van der Waals surface area contributed by atoms with Gasteiger partial charge >= 0.3 is 0 Å². The molecular formula is C12H19N3O2S. The van der Waals surface area contributed by atoms with Crippen LogP contribution in [0.25, 0.3) is 0 Å². The first-order chi connectivity index (χ1) is 8.50. The summed E-state index contributed by atoms with van der Waals surface area (Å²) in [4.78, 5) is 23.9. The van der Waals surface area contributed by atoms with E-state index in [1.165, 1.54) is 11.3 Å². The van der Waals surface area contributed by atoms with E-state index in [2.05, 4.69) is 10.6 Å². The number of rotatable bonds is 6. The van der Waals surface area contributed by atoms with E-state index < -0.39 is 6.04 Å². The van der Waals surface area contributed by atoms with Gasteiger partial charge in [0.1, 0.15) is 6.04 Å². The molecule has 0 bridgehead atoms. The van der Waals surface area contributed by atoms with E-state index >= 15 is 0 Å². The summed E-state index contributed by atoms with van der Waals surface area (Å²) >= 11 is 1.42. The number of amides is 2. The molecule has 0 radical (unpaired) electrons. The van der Waals surface area contributed by atoms with E-state index in [0.717, 1.165) is 4.88 Å². The minimum Gasteiger partial charge on any atom is -0.354 e. The van der Waals surface area contributed by atoms with Crippen LogP contribution < -0.4 is 16.4 Å². The highest BCUT2D eigenvalue weighted by Gasteiger charge is 2.17. The molecule has 6 heteroatoms. The fourth-order valence-electron chi connectivity index (χ4n) is 1.26. The van der Waals surface area contributed by atoms with Gasteiger partial charge < -0.3 is 16.4 Å². The van der Waals surface area contributed by atoms with Gasteiger partial charge in [-0.3, -0.25) is 9.59 Å². The summed E-state index contributed by atoms with van der Waals surface area (Å²) in [5.41, 5.74) is 5.76. The Morgan fingerprint density at radius 1 is 1.39 bits per heavy atom. The van der Waals surface area contributed by atoms with Gasteiger partial charge in [0, 0.05) is 11.4 Å². The van der Waals surface area contributed by atoms with Crippen LogP contribution >= 0.6 is 11.3 Å². The molecule has 1 aromatic heterocycles. The quantitative estimate of drug-likeness (QED) is 0.708. The van der Waals surface area contributed by atoms with E-state index in [0.29, 0.717) is 12.5 Å². The Kier molecular flexibility index (Phi) is 5.80. The first-order valence-corrected chi connectivity index (χ1v) is 6.72. The second-order valence-electron chi connectivity index (χ2n) is 4.41. The predicted octanol–water partition coefficient (Wildman–Crippen LogP) is 0.636. The molecule has 0 saturated carbocycles. The van der Waals surface area contributed by atoms with Crippen LogP contribution in [0.5, 0.6) is 0 Å². The summed E-state index contributed by atoms with van der Waals surface area (Å²) in [7, 11) is 0. The van der Waals surface area contributed by atoms with Crippen LogP contribution in [0.3, 0.4) is 0 Å². The van der Waals surface area contributed by atoms with Crippen molar-refractivity contribution in [1.29, 1.82) is 0 Å². The van der Waals surface area contributed by atoms with Crippen molar-refractivity contribution < 1.29 is 9.59 Å². The van der Waals surface area contributed by atoms with Crippen LogP contribution in [0.2, 0.25) is 0 Å². The highest BCUT2D eigenvalue weighted by atomic mass is 32.1. The van der Waals surface area contributed by atoms with Gasteiger partial charge in [-0.1, -0.05) is 19.9 Å². The zero-order valence-electron chi connectivity index (χ0n) is 10.6. The van der Waals surface area contributed by atoms with Crippen LogP contribution in [-0.2, 0) is 9.59 Å². The molecule has 1 atom stereocenters. The SMILES string of the molecule is CC(C)CNC(=O)CNC(=O)C(N)c1cccs1. The Hall–Kier alpha value is -1.40. The van der Waals surface area contributed by atoms with Crippen molar-refractivity contribution in [2.75, 3.05) is 13.1 Å². The van der Waals surface area contributed by atoms with E-state index in [1.807, 2.05) is 25.3 Å². The van der Waals surface area contributed by atoms with Crippen molar-refractivity contribution in [2.24, 2.45) is 11.7 Å². The third kappa shape index (κ3) is 4.85. The lowest BCUT2D eigenvalue weighted by Gasteiger charge is -2.11. The van der Waals surface area contributed by atoms with E-state index in [1.54, 1.807) is 6.07 Å². The number of nitrogens with two attached hydrogens (primary N) is 1. The van der Waals surface area contributed by atoms with Crippen LogP contribution in [0.4, 0.5) is 0 Å². The van der Waals surface area contributed by atoms with Gasteiger partial charge in [-0.15, -0.1) is 11.3 Å². The van der Waals surface area contributed by atoms with E-state index in [4.69, 9.17) is 5.73 Å². The Labute approximate surface area is 111 Å². The van der Waals surface area contributed by atoms with Crippen LogP contribution in [-0.4, -0.2) is 24.9 Å². The second kappa shape index (κ2) is 7.13. The van der Waals surface area contributed by atoms with Gasteiger partial charge in [-0.05, 0) is 17.4 Å². The highest BCUT2D eigenvalue weighted by molar-refractivity contribution is 7.10. The number of carbonyl (C=O) groups excluding carboxylic acids is 2. The molecule has 5 nitrogen and oxygen atoms in total. The number of hydrogen-bond acceptors (Lipinski definition) is 4. The molecule has 0 aromatic carbocycles. The molecule has 2 amide bonds. The van der Waals surface area contributed by atoms with Gasteiger partial charge in [0.25, 0.3) is 0 Å². The number of thiophene rings is 1. The average molecular weight is 269 g/mol. The monoisotopic (exact) mass is 269 g/mol. The van der Waals surface area contributed by atoms with Crippen LogP contribution in [0.15, 0.2) is 17.5 Å². The minimum absolute atomic E-state index is 0.0371. The molecule has 0 aliphatic rings. The van der Waals surface area contributed by atoms with E-state index in [-0.39, 0.29) is 18.4 Å². The fraction of sp³-hybridized carbons (Fsp3) is 0.500. The van der Waals surface area contributed by atoms with Gasteiger partial charge in [-0.2, -0.15) is 0 Å². The van der Waals surface area contributed by atoms with Gasteiger partial charge in [0.2, 0.25) is 11.8 Å². The standard InChI is InChI=1S/C12H19N3O2S/c1-8(2)6-14-10(16)7-15-12(17)11(13)9-4-3-5-18-9/h3-5,8,11H,6-7,13H2,1-2H3,(H,14,16)(H,15,17). The lowest BCUT2D eigenvalue weighted by Crippen LogP contribution is -2.41. The maximum Gasteiger partial charge on any atom is 0.242 e. The van der Waals surface area contributed by atoms with Crippen molar-refractivity contribution in [3.05, 3.63) is 22.4 Å². The molecule has 4 N–H and O–H groups in total. The summed E-state index contributed by atoms with van der Waals surface area (Å²) < 4.78 is 0. The maximum atomic E-state index is 11.7. The molecule has 1 unspecified atom stereocenters. The number of carbonyl (C=O) groups is 2. The van der Waals surface area contributed by atoms with Crippen molar-refractivity contribution in [2.45, 2.75) is 19.9 Å². The van der Waals surface area contributed by atoms with Gasteiger partial charge in [0.15, 0.2) is 0 Å². The van der Waals surface area contributed by atoms with Crippen molar-refractivity contribution in [1.82, 2.24) is 10.6 Å². The first-order valence-electron chi connectivity index (χ1n) is 5.84. The Morgan fingerprint density at radius 2 is 2.11 bits per heavy atom. The molecule has 1 aromatic rings. The van der Waals surface area contributed by atoms with Crippen molar-refractivity contribution >= 4 is 23.2 Å². The Balaban J connectivity index is 2.30. The summed E-state index contributed by atoms with van der Waals surface area (Å²) in [5, 5.41) is 7.10. The Bertz CT molecular complexity index is 390. The molecule has 18 heavy (non-hydrogen) atoms. The normalized spacial score (nSPS) is 12.2. The zero-order chi connectivity index (χ0) is 13.5. The van der Waals surface area contributed by atoms with Crippen molar-refractivity contribution in [3.63, 3.8) is 0 Å². The number of hydrogen-bond donors (Lipinski definition) is 3. The highest BCUT2D eigenvalue weighted by Crippen LogP contribution is 2.16. The molecule has 0 fully saturated rings. The van der Waals surface area contributed by atoms with Crippen LogP contribution in [0, 0.1) is 5.92 Å². The molecule has 0 spiro atoms. The average Bonchev–Trinajstić information content (AvgIpc) is 2.86. The molecule has 1 rings (SSSR count). The summed E-state index contributed by atoms with van der Waals surface area (Å²) in [6, 6.07) is 2.93. The molecule has 100 valence electrons. The molecule has 0 saturated heterocycles. The lowest BCUT2D eigenvalue weighted by atomic mass is 10.2. The first kappa shape index (κ1) is 14.7. The summed E-state index contributed by atoms with van der Waals surface area (Å²) in [6.45, 7) is 4.58. The zero-order valence-corrected chi connectivity index (χ0v) is 11.4. The summed E-state index contributed by atoms with van der Waals surface area (Å²) in [5.74, 6) is -0.148. The summed E-state index contributed by atoms with van der Waals surface area (Å²) in [6.07, 6.45) is 0. The van der Waals surface area contributed by atoms with E-state index in [9.17, 15) is 9.59 Å². The third-order valence-corrected chi connectivity index (χ3v) is 3.22. The maximum absolute atomic E-state index is 11.7. The topological polar surface area (TPSA) is 84.2 Å². The smallest absolute Gasteiger partial charge is 0.242 e. The second-order valence-corrected chi connectivity index (χ2v) is 5.39. The lowest BCUT2D eigenvalue weighted by molar-refractivity contribution is -0.126. The molecule has 0 aliphatic heterocycles. The van der Waals surface area contributed by atoms with Gasteiger partial charge in [0.05, 0.1) is 6.54 Å². The fourth-order valence-corrected chi connectivity index (χ4v) is 1.98. The Morgan fingerprint density at radius 3 is 2.67 bits per heavy atom. The van der Waals surface area contributed by atoms with Crippen LogP contribution in [0.1, 0.15) is 24.8 Å². The van der Waals surface area contributed by atoms with Crippen molar-refractivity contribution in [3.8, 4) is 0 Å². The van der Waals surface area contributed by atoms with Gasteiger partial charge in [-0.25, -0.2) is 0 Å². The third-order valence-electron chi connectivity index (χ3n) is 2.26. The largest absolute Gasteiger partial charge is 0.354 e. The predicted molar refractivity (Wildman–Crippen MR) is 72.1 cm³/mol. The molecular weight excluding hydrogens is 250 g/mol. The number of nitrogens with one attached hydrogen (secondary N) is 2. The molecule has 1 heterocycles. The minimum atomic E-state index is -0.706.